The largest absolute Gasteiger partial charge is 0.507 e. The molecule has 1 saturated carbocycles. The molecule has 380 valence electrons. The summed E-state index contributed by atoms with van der Waals surface area (Å²) < 4.78 is 32.0. The molecule has 0 spiro atoms. The molecule has 0 bridgehead atoms. The van der Waals surface area contributed by atoms with Gasteiger partial charge in [-0.25, -0.2) is 15.0 Å². The van der Waals surface area contributed by atoms with E-state index in [2.05, 4.69) is 19.7 Å². The Hall–Kier alpha value is -9.90. The number of para-hydroxylation sites is 1. The predicted octanol–water partition coefficient (Wildman–Crippen LogP) is 10.3. The second-order valence-electron chi connectivity index (χ2n) is 17.7. The minimum Gasteiger partial charge on any atom is -0.507 e. The number of rotatable bonds is 20. The molecule has 1 aliphatic carbocycles. The van der Waals surface area contributed by atoms with Gasteiger partial charge in [-0.1, -0.05) is 36.4 Å². The van der Waals surface area contributed by atoms with Crippen LogP contribution in [-0.2, 0) is 19.8 Å². The highest BCUT2D eigenvalue weighted by molar-refractivity contribution is 5.90. The SMILES string of the molecule is COc1ccccc1-c1ncccc1COc1ccc(-c2ccc(COc3cc(-c4ccc(COc5cccc(O)c5C=O)c(-c5cc[nH][n+]5C5CCC5)n4)cc(O)c3C=O)c(-c3cccnc3OC)n2)c(O)c1C=O. The van der Waals surface area contributed by atoms with Crippen molar-refractivity contribution in [3.05, 3.63) is 173 Å². The van der Waals surface area contributed by atoms with Gasteiger partial charge in [0.15, 0.2) is 24.9 Å². The fraction of sp³-hybridized carbons (Fsp3) is 0.153. The molecule has 76 heavy (non-hydrogen) atoms. The van der Waals surface area contributed by atoms with Gasteiger partial charge in [0.1, 0.15) is 65.8 Å². The summed E-state index contributed by atoms with van der Waals surface area (Å²) in [5.74, 6) is 0.372. The molecule has 0 saturated heterocycles. The lowest BCUT2D eigenvalue weighted by molar-refractivity contribution is -0.773. The van der Waals surface area contributed by atoms with Crippen LogP contribution in [0.3, 0.4) is 0 Å². The number of H-pyrrole nitrogens is 1. The van der Waals surface area contributed by atoms with Gasteiger partial charge in [-0.15, -0.1) is 4.68 Å². The van der Waals surface area contributed by atoms with Crippen LogP contribution in [0.2, 0.25) is 0 Å². The molecule has 0 unspecified atom stereocenters. The first kappa shape index (κ1) is 49.7. The Morgan fingerprint density at radius 2 is 1.21 bits per heavy atom. The van der Waals surface area contributed by atoms with Crippen molar-refractivity contribution in [2.75, 3.05) is 14.2 Å². The number of phenolic OH excluding ortho intramolecular Hbond substituents is 3. The predicted molar refractivity (Wildman–Crippen MR) is 279 cm³/mol. The van der Waals surface area contributed by atoms with E-state index in [-0.39, 0.29) is 88.5 Å². The van der Waals surface area contributed by atoms with Crippen LogP contribution in [-0.4, -0.2) is 73.4 Å². The van der Waals surface area contributed by atoms with Crippen molar-refractivity contribution in [1.29, 1.82) is 0 Å². The second kappa shape index (κ2) is 22.1. The number of hydrogen-bond acceptors (Lipinski definition) is 15. The molecule has 9 aromatic rings. The molecule has 4 N–H and O–H groups in total. The van der Waals surface area contributed by atoms with Crippen molar-refractivity contribution in [1.82, 2.24) is 25.0 Å². The summed E-state index contributed by atoms with van der Waals surface area (Å²) in [7, 11) is 3.06. The van der Waals surface area contributed by atoms with Gasteiger partial charge in [-0.05, 0) is 85.3 Å². The Bertz CT molecular complexity index is 3650. The van der Waals surface area contributed by atoms with E-state index in [1.54, 1.807) is 86.2 Å². The molecule has 1 fully saturated rings. The summed E-state index contributed by atoms with van der Waals surface area (Å²) >= 11 is 0. The lowest BCUT2D eigenvalue weighted by Gasteiger charge is -2.20. The van der Waals surface area contributed by atoms with Gasteiger partial charge in [0.2, 0.25) is 5.88 Å². The van der Waals surface area contributed by atoms with Crippen LogP contribution in [0.5, 0.6) is 46.1 Å². The molecule has 0 aliphatic heterocycles. The molecule has 1 aliphatic rings. The molecule has 10 rings (SSSR count). The van der Waals surface area contributed by atoms with Crippen molar-refractivity contribution in [2.45, 2.75) is 45.1 Å². The number of pyridine rings is 4. The normalized spacial score (nSPS) is 12.1. The average molecular weight is 1020 g/mol. The molecule has 0 radical (unpaired) electrons. The van der Waals surface area contributed by atoms with Gasteiger partial charge in [0.25, 0.3) is 5.69 Å². The zero-order valence-corrected chi connectivity index (χ0v) is 41.2. The summed E-state index contributed by atoms with van der Waals surface area (Å²) in [6.07, 6.45) is 9.71. The molecule has 0 atom stereocenters. The van der Waals surface area contributed by atoms with E-state index in [0.717, 1.165) is 36.1 Å². The van der Waals surface area contributed by atoms with Crippen LogP contribution >= 0.6 is 0 Å². The molecule has 4 aromatic carbocycles. The highest BCUT2D eigenvalue weighted by Gasteiger charge is 2.33. The van der Waals surface area contributed by atoms with Gasteiger partial charge in [-0.2, -0.15) is 5.10 Å². The zero-order valence-electron chi connectivity index (χ0n) is 41.2. The maximum atomic E-state index is 12.7. The fourth-order valence-electron chi connectivity index (χ4n) is 9.11. The smallest absolute Gasteiger partial charge is 0.257 e. The number of aromatic nitrogens is 6. The van der Waals surface area contributed by atoms with Gasteiger partial charge in [0, 0.05) is 64.7 Å². The summed E-state index contributed by atoms with van der Waals surface area (Å²) in [4.78, 5) is 56.3. The van der Waals surface area contributed by atoms with Crippen molar-refractivity contribution in [3.63, 3.8) is 0 Å². The van der Waals surface area contributed by atoms with Gasteiger partial charge in [-0.3, -0.25) is 19.4 Å². The first-order valence-corrected chi connectivity index (χ1v) is 24.2. The number of methoxy groups -OCH3 is 2. The Kier molecular flexibility index (Phi) is 14.4. The van der Waals surface area contributed by atoms with Crippen molar-refractivity contribution in [2.24, 2.45) is 0 Å². The number of nitrogens with zero attached hydrogens (tertiary/aromatic N) is 5. The van der Waals surface area contributed by atoms with E-state index in [4.69, 9.17) is 33.7 Å². The Labute approximate surface area is 435 Å². The average Bonchev–Trinajstić information content (AvgIpc) is 3.92. The molecule has 5 heterocycles. The molecule has 17 nitrogen and oxygen atoms in total. The minimum atomic E-state index is -0.359. The van der Waals surface area contributed by atoms with Crippen molar-refractivity contribution < 1.29 is 58.1 Å². The number of hydrogen-bond donors (Lipinski definition) is 4. The quantitative estimate of drug-likeness (QED) is 0.0411. The topological polar surface area (TPSA) is 229 Å². The number of phenols is 3. The summed E-state index contributed by atoms with van der Waals surface area (Å²) in [6, 6.07) is 34.6. The zero-order chi connectivity index (χ0) is 52.7. The Morgan fingerprint density at radius 1 is 0.566 bits per heavy atom. The second-order valence-corrected chi connectivity index (χ2v) is 17.7. The highest BCUT2D eigenvalue weighted by Crippen LogP contribution is 2.41. The Balaban J connectivity index is 0.966. The molecular formula is C59H49N6O11+. The number of benzene rings is 4. The number of carbonyl (C=O) groups excluding carboxylic acids is 3. The van der Waals surface area contributed by atoms with Crippen molar-refractivity contribution >= 4 is 18.9 Å². The van der Waals surface area contributed by atoms with Crippen LogP contribution in [0, 0.1) is 0 Å². The summed E-state index contributed by atoms with van der Waals surface area (Å²) in [5, 5.41) is 36.7. The van der Waals surface area contributed by atoms with Crippen LogP contribution < -0.4 is 28.4 Å². The third-order valence-electron chi connectivity index (χ3n) is 13.2. The van der Waals surface area contributed by atoms with Crippen LogP contribution in [0.4, 0.5) is 0 Å². The van der Waals surface area contributed by atoms with E-state index in [9.17, 15) is 29.7 Å². The molecule has 17 heteroatoms. The Morgan fingerprint density at radius 3 is 1.95 bits per heavy atom. The lowest BCUT2D eigenvalue weighted by atomic mass is 9.93. The van der Waals surface area contributed by atoms with E-state index in [1.165, 1.54) is 19.2 Å². The summed E-state index contributed by atoms with van der Waals surface area (Å²) in [6.45, 7) is -0.155. The highest BCUT2D eigenvalue weighted by atomic mass is 16.5. The molecule has 0 amide bonds. The van der Waals surface area contributed by atoms with Gasteiger partial charge < -0.3 is 39.0 Å². The fourth-order valence-corrected chi connectivity index (χ4v) is 9.11. The monoisotopic (exact) mass is 1020 g/mol. The van der Waals surface area contributed by atoms with Gasteiger partial charge >= 0.3 is 0 Å². The van der Waals surface area contributed by atoms with E-state index >= 15 is 0 Å². The third kappa shape index (κ3) is 9.83. The number of ether oxygens (including phenoxy) is 5. The number of nitrogens with one attached hydrogen (secondary N) is 1. The first-order valence-electron chi connectivity index (χ1n) is 24.2. The molecular weight excluding hydrogens is 969 g/mol. The van der Waals surface area contributed by atoms with E-state index in [1.807, 2.05) is 48.7 Å². The van der Waals surface area contributed by atoms with Crippen LogP contribution in [0.25, 0.3) is 56.4 Å². The number of aromatic amines is 1. The van der Waals surface area contributed by atoms with Crippen molar-refractivity contribution in [3.8, 4) is 103 Å². The van der Waals surface area contributed by atoms with Gasteiger partial charge in [0.05, 0.1) is 65.4 Å². The third-order valence-corrected chi connectivity index (χ3v) is 13.2. The number of aldehydes is 3. The maximum absolute atomic E-state index is 12.7. The number of carbonyl (C=O) groups is 3. The minimum absolute atomic E-state index is 0.000640. The number of aromatic hydroxyl groups is 3. The van der Waals surface area contributed by atoms with E-state index < -0.39 is 0 Å². The molecule has 5 aromatic heterocycles. The lowest BCUT2D eigenvalue weighted by Crippen LogP contribution is -2.46. The maximum Gasteiger partial charge on any atom is 0.257 e. The van der Waals surface area contributed by atoms with Crippen LogP contribution in [0.15, 0.2) is 140 Å². The van der Waals surface area contributed by atoms with E-state index in [0.29, 0.717) is 75.3 Å². The van der Waals surface area contributed by atoms with Crippen LogP contribution in [0.1, 0.15) is 73.1 Å². The summed E-state index contributed by atoms with van der Waals surface area (Å²) in [5.41, 5.74) is 6.73. The standard InChI is InChI=1S/C59H48N6O11/c1-72-51-15-4-3-12-41(51)55-35(9-7-24-60-55)32-75-53-22-19-40(58(71)45(53)31-68)47-21-18-36(56(64-47)42-13-8-25-61-59(42)73-2)33-76-54-28-38(27-50(70)44(54)30-67)46-20-17-37(34-74-52-16-6-14-49(69)43(52)29-66)57(63-46)48-23-26-62-65(48)39-10-5-11-39/h3-4,6-9,12-31,39H,5,10-11,32-34H2,1-2H3,(H3,64,66,67,68,69,70,71)/p+1. The first-order chi connectivity index (χ1) is 37.2.